The molecular weight excluding hydrogens is 248 g/mol. The number of carbonyl (C=O) groups is 1. The lowest BCUT2D eigenvalue weighted by Crippen LogP contribution is -2.14. The average Bonchev–Trinajstić information content (AvgIpc) is 2.26. The zero-order valence-electron chi connectivity index (χ0n) is 9.32. The van der Waals surface area contributed by atoms with Gasteiger partial charge in [-0.1, -0.05) is 18.5 Å². The third-order valence-corrected chi connectivity index (χ3v) is 2.60. The minimum atomic E-state index is -0.742. The summed E-state index contributed by atoms with van der Waals surface area (Å²) in [6.45, 7) is 1.70. The van der Waals surface area contributed by atoms with E-state index in [0.29, 0.717) is 6.42 Å². The van der Waals surface area contributed by atoms with Gasteiger partial charge in [0.25, 0.3) is 11.6 Å². The SMILES string of the molecule is CCc1c(OC)c(C(N)=O)cc(Cl)c1[N+](=O)[O-]. The van der Waals surface area contributed by atoms with Gasteiger partial charge in [-0.2, -0.15) is 0 Å². The topological polar surface area (TPSA) is 95.5 Å². The van der Waals surface area contributed by atoms with E-state index in [1.165, 1.54) is 7.11 Å². The molecule has 0 saturated heterocycles. The fourth-order valence-electron chi connectivity index (χ4n) is 1.62. The second-order valence-corrected chi connectivity index (χ2v) is 3.65. The Hall–Kier alpha value is -1.82. The Kier molecular flexibility index (Phi) is 3.90. The number of nitrogens with zero attached hydrogens (tertiary/aromatic N) is 1. The van der Waals surface area contributed by atoms with Gasteiger partial charge in [0.15, 0.2) is 0 Å². The zero-order valence-corrected chi connectivity index (χ0v) is 10.1. The van der Waals surface area contributed by atoms with Gasteiger partial charge in [-0.3, -0.25) is 14.9 Å². The third kappa shape index (κ3) is 2.31. The number of methoxy groups -OCH3 is 1. The molecule has 0 fully saturated rings. The molecule has 0 saturated carbocycles. The summed E-state index contributed by atoms with van der Waals surface area (Å²) in [4.78, 5) is 21.5. The van der Waals surface area contributed by atoms with Crippen LogP contribution in [0.4, 0.5) is 5.69 Å². The van der Waals surface area contributed by atoms with Crippen molar-refractivity contribution in [1.29, 1.82) is 0 Å². The quantitative estimate of drug-likeness (QED) is 0.659. The molecule has 0 bridgehead atoms. The highest BCUT2D eigenvalue weighted by Crippen LogP contribution is 2.38. The number of amides is 1. The van der Waals surface area contributed by atoms with Gasteiger partial charge in [0.1, 0.15) is 10.8 Å². The number of hydrogen-bond donors (Lipinski definition) is 1. The van der Waals surface area contributed by atoms with Crippen LogP contribution in [0.3, 0.4) is 0 Å². The van der Waals surface area contributed by atoms with Crippen molar-refractivity contribution in [3.63, 3.8) is 0 Å². The van der Waals surface area contributed by atoms with Crippen molar-refractivity contribution in [2.24, 2.45) is 5.73 Å². The van der Waals surface area contributed by atoms with Crippen LogP contribution >= 0.6 is 11.6 Å². The molecule has 0 atom stereocenters. The van der Waals surface area contributed by atoms with Crippen LogP contribution in [0.2, 0.25) is 5.02 Å². The molecule has 92 valence electrons. The number of rotatable bonds is 4. The predicted octanol–water partition coefficient (Wildman–Crippen LogP) is 1.92. The normalized spacial score (nSPS) is 10.1. The molecule has 0 radical (unpaired) electrons. The molecule has 6 nitrogen and oxygen atoms in total. The summed E-state index contributed by atoms with van der Waals surface area (Å²) in [6, 6.07) is 1.15. The van der Waals surface area contributed by atoms with Gasteiger partial charge in [0.2, 0.25) is 0 Å². The molecule has 0 spiro atoms. The molecule has 1 aromatic carbocycles. The van der Waals surface area contributed by atoms with Gasteiger partial charge in [-0.05, 0) is 12.5 Å². The van der Waals surface area contributed by atoms with Crippen molar-refractivity contribution >= 4 is 23.2 Å². The number of hydrogen-bond acceptors (Lipinski definition) is 4. The van der Waals surface area contributed by atoms with E-state index in [1.807, 2.05) is 0 Å². The van der Waals surface area contributed by atoms with Gasteiger partial charge in [-0.15, -0.1) is 0 Å². The van der Waals surface area contributed by atoms with Crippen molar-refractivity contribution in [3.05, 3.63) is 32.3 Å². The number of ether oxygens (including phenoxy) is 1. The molecule has 0 aliphatic carbocycles. The first-order valence-corrected chi connectivity index (χ1v) is 5.15. The van der Waals surface area contributed by atoms with Crippen LogP contribution in [0.25, 0.3) is 0 Å². The molecule has 1 rings (SSSR count). The lowest BCUT2D eigenvalue weighted by molar-refractivity contribution is -0.385. The van der Waals surface area contributed by atoms with E-state index in [1.54, 1.807) is 6.92 Å². The van der Waals surface area contributed by atoms with Crippen LogP contribution in [-0.4, -0.2) is 17.9 Å². The van der Waals surface area contributed by atoms with Crippen LogP contribution in [-0.2, 0) is 6.42 Å². The van der Waals surface area contributed by atoms with Crippen molar-refractivity contribution in [2.45, 2.75) is 13.3 Å². The predicted molar refractivity (Wildman–Crippen MR) is 62.6 cm³/mol. The van der Waals surface area contributed by atoms with Crippen LogP contribution in [0.15, 0.2) is 6.07 Å². The maximum atomic E-state index is 11.2. The first-order chi connectivity index (χ1) is 7.93. The minimum Gasteiger partial charge on any atom is -0.495 e. The van der Waals surface area contributed by atoms with Crippen molar-refractivity contribution in [2.75, 3.05) is 7.11 Å². The molecule has 17 heavy (non-hydrogen) atoms. The first kappa shape index (κ1) is 13.2. The summed E-state index contributed by atoms with van der Waals surface area (Å²) >= 11 is 5.78. The monoisotopic (exact) mass is 258 g/mol. The van der Waals surface area contributed by atoms with E-state index in [-0.39, 0.29) is 27.6 Å². The second kappa shape index (κ2) is 5.01. The Balaban J connectivity index is 3.68. The number of benzene rings is 1. The summed E-state index contributed by atoms with van der Waals surface area (Å²) in [5, 5.41) is 10.8. The van der Waals surface area contributed by atoms with E-state index < -0.39 is 10.8 Å². The molecule has 1 amide bonds. The Morgan fingerprint density at radius 3 is 2.59 bits per heavy atom. The molecule has 1 aromatic rings. The molecule has 7 heteroatoms. The highest BCUT2D eigenvalue weighted by Gasteiger charge is 2.26. The molecule has 0 unspecified atom stereocenters. The van der Waals surface area contributed by atoms with Crippen LogP contribution in [0.5, 0.6) is 5.75 Å². The van der Waals surface area contributed by atoms with Crippen LogP contribution < -0.4 is 10.5 Å². The zero-order chi connectivity index (χ0) is 13.2. The highest BCUT2D eigenvalue weighted by atomic mass is 35.5. The summed E-state index contributed by atoms with van der Waals surface area (Å²) in [7, 11) is 1.32. The number of nitrogens with two attached hydrogens (primary N) is 1. The number of halogens is 1. The van der Waals surface area contributed by atoms with Gasteiger partial charge >= 0.3 is 0 Å². The molecule has 0 heterocycles. The van der Waals surface area contributed by atoms with E-state index in [9.17, 15) is 14.9 Å². The summed E-state index contributed by atoms with van der Waals surface area (Å²) in [5.74, 6) is -0.635. The van der Waals surface area contributed by atoms with E-state index in [4.69, 9.17) is 22.1 Å². The smallest absolute Gasteiger partial charge is 0.294 e. The Labute approximate surface area is 102 Å². The van der Waals surface area contributed by atoms with Crippen molar-refractivity contribution in [3.8, 4) is 5.75 Å². The van der Waals surface area contributed by atoms with Crippen LogP contribution in [0.1, 0.15) is 22.8 Å². The van der Waals surface area contributed by atoms with Crippen molar-refractivity contribution < 1.29 is 14.5 Å². The largest absolute Gasteiger partial charge is 0.495 e. The summed E-state index contributed by atoms with van der Waals surface area (Å²) in [5.41, 5.74) is 5.21. The lowest BCUT2D eigenvalue weighted by Gasteiger charge is -2.12. The Morgan fingerprint density at radius 1 is 1.65 bits per heavy atom. The second-order valence-electron chi connectivity index (χ2n) is 3.24. The Morgan fingerprint density at radius 2 is 2.24 bits per heavy atom. The van der Waals surface area contributed by atoms with Crippen LogP contribution in [0, 0.1) is 10.1 Å². The summed E-state index contributed by atoms with van der Waals surface area (Å²) < 4.78 is 5.01. The molecule has 0 aromatic heterocycles. The van der Waals surface area contributed by atoms with Crippen molar-refractivity contribution in [1.82, 2.24) is 0 Å². The third-order valence-electron chi connectivity index (χ3n) is 2.31. The van der Waals surface area contributed by atoms with Gasteiger partial charge in [0, 0.05) is 0 Å². The number of carbonyl (C=O) groups excluding carboxylic acids is 1. The lowest BCUT2D eigenvalue weighted by atomic mass is 10.0. The summed E-state index contributed by atoms with van der Waals surface area (Å²) in [6.07, 6.45) is 0.306. The number of primary amides is 1. The van der Waals surface area contributed by atoms with E-state index >= 15 is 0 Å². The maximum absolute atomic E-state index is 11.2. The number of nitro benzene ring substituents is 1. The van der Waals surface area contributed by atoms with E-state index in [2.05, 4.69) is 0 Å². The fraction of sp³-hybridized carbons (Fsp3) is 0.300. The van der Waals surface area contributed by atoms with E-state index in [0.717, 1.165) is 6.07 Å². The average molecular weight is 259 g/mol. The maximum Gasteiger partial charge on any atom is 0.294 e. The van der Waals surface area contributed by atoms with Gasteiger partial charge < -0.3 is 10.5 Å². The number of nitro groups is 1. The Bertz CT molecular complexity index is 488. The van der Waals surface area contributed by atoms with Gasteiger partial charge in [-0.25, -0.2) is 0 Å². The molecule has 0 aliphatic rings. The van der Waals surface area contributed by atoms with Gasteiger partial charge in [0.05, 0.1) is 23.2 Å². The molecule has 2 N–H and O–H groups in total. The molecular formula is C10H11ClN2O4. The highest BCUT2D eigenvalue weighted by molar-refractivity contribution is 6.33. The standard InChI is InChI=1S/C10H11ClN2O4/c1-3-5-8(13(15)16)7(11)4-6(10(12)14)9(5)17-2/h4H,3H2,1-2H3,(H2,12,14). The first-order valence-electron chi connectivity index (χ1n) is 4.77. The minimum absolute atomic E-state index is 0.0416. The fourth-order valence-corrected chi connectivity index (χ4v) is 1.91. The molecule has 0 aliphatic heterocycles.